The van der Waals surface area contributed by atoms with Crippen LogP contribution < -0.4 is 9.64 Å². The molecular weight excluding hydrogens is 272 g/mol. The Morgan fingerprint density at radius 3 is 2.95 bits per heavy atom. The molecule has 1 aromatic rings. The van der Waals surface area contributed by atoms with Crippen LogP contribution in [0.5, 0.6) is 6.01 Å². The zero-order valence-corrected chi connectivity index (χ0v) is 11.7. The van der Waals surface area contributed by atoms with Crippen LogP contribution in [-0.2, 0) is 4.74 Å². The van der Waals surface area contributed by atoms with Crippen molar-refractivity contribution in [1.29, 1.82) is 0 Å². The fourth-order valence-corrected chi connectivity index (χ4v) is 1.89. The van der Waals surface area contributed by atoms with E-state index in [0.717, 1.165) is 0 Å². The smallest absolute Gasteiger partial charge is 0.322 e. The number of hydrogen-bond donors (Lipinski definition) is 1. The van der Waals surface area contributed by atoms with Crippen molar-refractivity contribution in [2.75, 3.05) is 31.2 Å². The van der Waals surface area contributed by atoms with E-state index in [1.165, 1.54) is 0 Å². The lowest BCUT2D eigenvalue weighted by atomic mass is 10.3. The lowest BCUT2D eigenvalue weighted by Gasteiger charge is -2.31. The first-order valence-electron chi connectivity index (χ1n) is 6.14. The second-order valence-electron chi connectivity index (χ2n) is 4.48. The normalized spacial score (nSPS) is 19.8. The molecule has 1 aliphatic heterocycles. The van der Waals surface area contributed by atoms with Gasteiger partial charge in [-0.3, -0.25) is 0 Å². The van der Waals surface area contributed by atoms with Crippen LogP contribution in [-0.4, -0.2) is 58.6 Å². The Morgan fingerprint density at radius 2 is 2.26 bits per heavy atom. The second kappa shape index (κ2) is 6.31. The van der Waals surface area contributed by atoms with Gasteiger partial charge in [-0.05, 0) is 25.4 Å². The van der Waals surface area contributed by atoms with Gasteiger partial charge in [0.25, 0.3) is 0 Å². The maximum atomic E-state index is 9.13. The topological polar surface area (TPSA) is 80.6 Å². The highest BCUT2D eigenvalue weighted by molar-refractivity contribution is 6.28. The summed E-state index contributed by atoms with van der Waals surface area (Å²) in [4.78, 5) is 14.1. The molecule has 0 saturated carbocycles. The summed E-state index contributed by atoms with van der Waals surface area (Å²) in [5.41, 5.74) is 0. The van der Waals surface area contributed by atoms with Crippen molar-refractivity contribution in [3.05, 3.63) is 5.28 Å². The molecule has 1 aliphatic rings. The lowest BCUT2D eigenvalue weighted by Crippen LogP contribution is -2.44. The van der Waals surface area contributed by atoms with E-state index in [0.29, 0.717) is 25.6 Å². The van der Waals surface area contributed by atoms with Gasteiger partial charge in [0.2, 0.25) is 11.2 Å². The minimum Gasteiger partial charge on any atom is -0.461 e. The van der Waals surface area contributed by atoms with Gasteiger partial charge in [0.05, 0.1) is 25.4 Å². The number of nitrogens with zero attached hydrogens (tertiary/aromatic N) is 4. The third-order valence-corrected chi connectivity index (χ3v) is 2.71. The molecule has 7 nitrogen and oxygen atoms in total. The zero-order chi connectivity index (χ0) is 13.8. The number of rotatable bonds is 4. The SMILES string of the molecule is CC(C)Oc1nc(Cl)nc(N2CCOC(CO)C2)n1. The molecule has 106 valence electrons. The molecule has 2 rings (SSSR count). The number of anilines is 1. The molecule has 0 aliphatic carbocycles. The van der Waals surface area contributed by atoms with Crippen LogP contribution in [0.1, 0.15) is 13.8 Å². The number of ether oxygens (including phenoxy) is 2. The van der Waals surface area contributed by atoms with E-state index in [2.05, 4.69) is 15.0 Å². The van der Waals surface area contributed by atoms with E-state index in [9.17, 15) is 0 Å². The summed E-state index contributed by atoms with van der Waals surface area (Å²) >= 11 is 5.87. The molecule has 8 heteroatoms. The maximum Gasteiger partial charge on any atom is 0.322 e. The van der Waals surface area contributed by atoms with Crippen molar-refractivity contribution in [2.24, 2.45) is 0 Å². The first-order valence-corrected chi connectivity index (χ1v) is 6.52. The van der Waals surface area contributed by atoms with Crippen LogP contribution in [0.3, 0.4) is 0 Å². The van der Waals surface area contributed by atoms with Gasteiger partial charge >= 0.3 is 6.01 Å². The molecule has 0 spiro atoms. The largest absolute Gasteiger partial charge is 0.461 e. The average Bonchev–Trinajstić information content (AvgIpc) is 2.37. The molecule has 1 unspecified atom stereocenters. The number of aliphatic hydroxyl groups excluding tert-OH is 1. The number of aliphatic hydroxyl groups is 1. The lowest BCUT2D eigenvalue weighted by molar-refractivity contribution is 0.00308. The molecule has 0 bridgehead atoms. The minimum atomic E-state index is -0.237. The standard InChI is InChI=1S/C11H17ClN4O3/c1-7(2)19-11-14-9(12)13-10(15-11)16-3-4-18-8(5-16)6-17/h7-8,17H,3-6H2,1-2H3. The summed E-state index contributed by atoms with van der Waals surface area (Å²) in [6.45, 7) is 5.39. The summed E-state index contributed by atoms with van der Waals surface area (Å²) in [5.74, 6) is 0.442. The van der Waals surface area contributed by atoms with Gasteiger partial charge in [-0.25, -0.2) is 0 Å². The third-order valence-electron chi connectivity index (χ3n) is 2.54. The quantitative estimate of drug-likeness (QED) is 0.864. The summed E-state index contributed by atoms with van der Waals surface area (Å²) in [6, 6.07) is 0.206. The Hall–Kier alpha value is -1.18. The summed E-state index contributed by atoms with van der Waals surface area (Å²) < 4.78 is 10.8. The van der Waals surface area contributed by atoms with E-state index in [4.69, 9.17) is 26.2 Å². The van der Waals surface area contributed by atoms with E-state index < -0.39 is 0 Å². The number of aromatic nitrogens is 3. The third kappa shape index (κ3) is 3.89. The Labute approximate surface area is 116 Å². The molecule has 1 atom stereocenters. The Balaban J connectivity index is 2.16. The zero-order valence-electron chi connectivity index (χ0n) is 10.9. The van der Waals surface area contributed by atoms with Crippen molar-refractivity contribution in [3.8, 4) is 6.01 Å². The van der Waals surface area contributed by atoms with Gasteiger partial charge in [0.1, 0.15) is 0 Å². The number of halogens is 1. The molecule has 1 fully saturated rings. The van der Waals surface area contributed by atoms with E-state index >= 15 is 0 Å². The van der Waals surface area contributed by atoms with Gasteiger partial charge in [-0.15, -0.1) is 0 Å². The van der Waals surface area contributed by atoms with Gasteiger partial charge in [0, 0.05) is 13.1 Å². The van der Waals surface area contributed by atoms with Crippen LogP contribution in [0.2, 0.25) is 5.28 Å². The number of morpholine rings is 1. The predicted octanol–water partition coefficient (Wildman–Crippen LogP) is 0.510. The van der Waals surface area contributed by atoms with Gasteiger partial charge < -0.3 is 19.5 Å². The molecule has 1 N–H and O–H groups in total. The van der Waals surface area contributed by atoms with E-state index in [-0.39, 0.29) is 30.1 Å². The van der Waals surface area contributed by atoms with Crippen molar-refractivity contribution >= 4 is 17.5 Å². The summed E-state index contributed by atoms with van der Waals surface area (Å²) in [6.07, 6.45) is -0.278. The minimum absolute atomic E-state index is 0.0370. The molecule has 19 heavy (non-hydrogen) atoms. The van der Waals surface area contributed by atoms with Gasteiger partial charge in [-0.2, -0.15) is 15.0 Å². The maximum absolute atomic E-state index is 9.13. The average molecular weight is 289 g/mol. The molecule has 2 heterocycles. The highest BCUT2D eigenvalue weighted by Gasteiger charge is 2.23. The Bertz CT molecular complexity index is 432. The number of hydrogen-bond acceptors (Lipinski definition) is 7. The highest BCUT2D eigenvalue weighted by atomic mass is 35.5. The molecule has 1 saturated heterocycles. The van der Waals surface area contributed by atoms with Crippen molar-refractivity contribution < 1.29 is 14.6 Å². The van der Waals surface area contributed by atoms with Crippen molar-refractivity contribution in [3.63, 3.8) is 0 Å². The van der Waals surface area contributed by atoms with Crippen molar-refractivity contribution in [1.82, 2.24) is 15.0 Å². The van der Waals surface area contributed by atoms with Crippen molar-refractivity contribution in [2.45, 2.75) is 26.1 Å². The van der Waals surface area contributed by atoms with E-state index in [1.54, 1.807) is 0 Å². The molecular formula is C11H17ClN4O3. The Morgan fingerprint density at radius 1 is 1.47 bits per heavy atom. The second-order valence-corrected chi connectivity index (χ2v) is 4.81. The van der Waals surface area contributed by atoms with E-state index in [1.807, 2.05) is 18.7 Å². The summed E-state index contributed by atoms with van der Waals surface area (Å²) in [7, 11) is 0. The summed E-state index contributed by atoms with van der Waals surface area (Å²) in [5, 5.41) is 9.22. The molecule has 1 aromatic heterocycles. The molecule has 0 radical (unpaired) electrons. The monoisotopic (exact) mass is 288 g/mol. The van der Waals surface area contributed by atoms with Crippen LogP contribution in [0.15, 0.2) is 0 Å². The van der Waals surface area contributed by atoms with Crippen LogP contribution in [0.25, 0.3) is 0 Å². The van der Waals surface area contributed by atoms with Crippen LogP contribution in [0.4, 0.5) is 5.95 Å². The van der Waals surface area contributed by atoms with Gasteiger partial charge in [-0.1, -0.05) is 0 Å². The van der Waals surface area contributed by atoms with Crippen LogP contribution >= 0.6 is 11.6 Å². The fraction of sp³-hybridized carbons (Fsp3) is 0.727. The van der Waals surface area contributed by atoms with Gasteiger partial charge in [0.15, 0.2) is 0 Å². The molecule has 0 aromatic carbocycles. The Kier molecular flexibility index (Phi) is 4.73. The molecule has 0 amide bonds. The highest BCUT2D eigenvalue weighted by Crippen LogP contribution is 2.18. The first-order chi connectivity index (χ1) is 9.08. The van der Waals surface area contributed by atoms with Crippen LogP contribution in [0, 0.1) is 0 Å². The first kappa shape index (κ1) is 14.2. The fourth-order valence-electron chi connectivity index (χ4n) is 1.74. The predicted molar refractivity (Wildman–Crippen MR) is 69.6 cm³/mol.